The van der Waals surface area contributed by atoms with Crippen molar-refractivity contribution in [2.75, 3.05) is 40.5 Å². The minimum absolute atomic E-state index is 0.476. The Morgan fingerprint density at radius 2 is 1.95 bits per heavy atom. The molecule has 2 aliphatic rings. The third-order valence-electron chi connectivity index (χ3n) is 5.00. The highest BCUT2D eigenvalue weighted by Crippen LogP contribution is 2.39. The average Bonchev–Trinajstić information content (AvgIpc) is 3.03. The van der Waals surface area contributed by atoms with E-state index in [1.807, 2.05) is 12.1 Å². The Hall–Kier alpha value is -1.26. The standard InChI is InChI=1S/C18H27NO3/c1-20-15-5-6-16(18(12-15)21-2)17-4-3-9-19(17)13-14-7-10-22-11-8-14/h5-6,12,14,17H,3-4,7-11,13H2,1-2H3/t17-/m0/s1. The number of hydrogen-bond acceptors (Lipinski definition) is 4. The van der Waals surface area contributed by atoms with Crippen LogP contribution >= 0.6 is 0 Å². The summed E-state index contributed by atoms with van der Waals surface area (Å²) in [5, 5.41) is 0. The quantitative estimate of drug-likeness (QED) is 0.835. The van der Waals surface area contributed by atoms with Crippen molar-refractivity contribution in [1.29, 1.82) is 0 Å². The summed E-state index contributed by atoms with van der Waals surface area (Å²) in [6, 6.07) is 6.69. The smallest absolute Gasteiger partial charge is 0.127 e. The lowest BCUT2D eigenvalue weighted by molar-refractivity contribution is 0.0505. The molecule has 0 N–H and O–H groups in total. The molecule has 0 unspecified atom stereocenters. The first-order valence-electron chi connectivity index (χ1n) is 8.35. The molecule has 0 aromatic heterocycles. The van der Waals surface area contributed by atoms with E-state index < -0.39 is 0 Å². The van der Waals surface area contributed by atoms with Gasteiger partial charge in [-0.1, -0.05) is 6.07 Å². The van der Waals surface area contributed by atoms with Crippen molar-refractivity contribution < 1.29 is 14.2 Å². The Kier molecular flexibility index (Phi) is 5.21. The molecule has 2 aliphatic heterocycles. The minimum Gasteiger partial charge on any atom is -0.497 e. The van der Waals surface area contributed by atoms with Gasteiger partial charge in [0.15, 0.2) is 0 Å². The monoisotopic (exact) mass is 305 g/mol. The first kappa shape index (κ1) is 15.6. The largest absolute Gasteiger partial charge is 0.497 e. The number of nitrogens with zero attached hydrogens (tertiary/aromatic N) is 1. The molecule has 0 radical (unpaired) electrons. The lowest BCUT2D eigenvalue weighted by atomic mass is 9.97. The Bertz CT molecular complexity index is 485. The van der Waals surface area contributed by atoms with E-state index in [4.69, 9.17) is 14.2 Å². The van der Waals surface area contributed by atoms with Gasteiger partial charge < -0.3 is 14.2 Å². The number of rotatable bonds is 5. The third-order valence-corrected chi connectivity index (χ3v) is 5.00. The first-order valence-corrected chi connectivity index (χ1v) is 8.35. The van der Waals surface area contributed by atoms with Crippen LogP contribution in [0.1, 0.15) is 37.3 Å². The van der Waals surface area contributed by atoms with Crippen molar-refractivity contribution in [3.63, 3.8) is 0 Å². The van der Waals surface area contributed by atoms with Crippen LogP contribution in [-0.4, -0.2) is 45.4 Å². The molecule has 3 rings (SSSR count). The van der Waals surface area contributed by atoms with Gasteiger partial charge in [0.05, 0.1) is 14.2 Å². The molecule has 22 heavy (non-hydrogen) atoms. The van der Waals surface area contributed by atoms with Crippen molar-refractivity contribution in [1.82, 2.24) is 4.90 Å². The predicted octanol–water partition coefficient (Wildman–Crippen LogP) is 3.27. The number of benzene rings is 1. The highest BCUT2D eigenvalue weighted by atomic mass is 16.5. The zero-order chi connectivity index (χ0) is 15.4. The zero-order valence-electron chi connectivity index (χ0n) is 13.7. The van der Waals surface area contributed by atoms with Crippen LogP contribution in [0.15, 0.2) is 18.2 Å². The van der Waals surface area contributed by atoms with Crippen LogP contribution in [0, 0.1) is 5.92 Å². The molecule has 0 bridgehead atoms. The molecule has 2 fully saturated rings. The van der Waals surface area contributed by atoms with E-state index in [1.165, 1.54) is 44.3 Å². The normalized spacial score (nSPS) is 23.6. The van der Waals surface area contributed by atoms with E-state index in [-0.39, 0.29) is 0 Å². The molecule has 4 heteroatoms. The van der Waals surface area contributed by atoms with Crippen LogP contribution in [0.4, 0.5) is 0 Å². The maximum absolute atomic E-state index is 5.61. The average molecular weight is 305 g/mol. The zero-order valence-corrected chi connectivity index (χ0v) is 13.7. The highest BCUT2D eigenvalue weighted by molar-refractivity contribution is 5.42. The van der Waals surface area contributed by atoms with Gasteiger partial charge >= 0.3 is 0 Å². The van der Waals surface area contributed by atoms with Gasteiger partial charge in [0.1, 0.15) is 11.5 Å². The van der Waals surface area contributed by atoms with Gasteiger partial charge in [0.25, 0.3) is 0 Å². The first-order chi connectivity index (χ1) is 10.8. The summed E-state index contributed by atoms with van der Waals surface area (Å²) < 4.78 is 16.4. The summed E-state index contributed by atoms with van der Waals surface area (Å²) in [6.07, 6.45) is 4.88. The highest BCUT2D eigenvalue weighted by Gasteiger charge is 2.30. The second-order valence-electron chi connectivity index (χ2n) is 6.32. The second kappa shape index (κ2) is 7.34. The maximum atomic E-state index is 5.61. The van der Waals surface area contributed by atoms with E-state index >= 15 is 0 Å². The fraction of sp³-hybridized carbons (Fsp3) is 0.667. The van der Waals surface area contributed by atoms with Gasteiger partial charge in [-0.05, 0) is 44.2 Å². The van der Waals surface area contributed by atoms with E-state index in [9.17, 15) is 0 Å². The second-order valence-corrected chi connectivity index (χ2v) is 6.32. The van der Waals surface area contributed by atoms with Crippen LogP contribution in [0.3, 0.4) is 0 Å². The van der Waals surface area contributed by atoms with Gasteiger partial charge in [-0.15, -0.1) is 0 Å². The molecular weight excluding hydrogens is 278 g/mol. The summed E-state index contributed by atoms with van der Waals surface area (Å²) >= 11 is 0. The lowest BCUT2D eigenvalue weighted by Crippen LogP contribution is -2.32. The SMILES string of the molecule is COc1ccc([C@@H]2CCCN2CC2CCOCC2)c(OC)c1. The van der Waals surface area contributed by atoms with Crippen molar-refractivity contribution in [3.05, 3.63) is 23.8 Å². The predicted molar refractivity (Wildman–Crippen MR) is 86.6 cm³/mol. The summed E-state index contributed by atoms with van der Waals surface area (Å²) in [6.45, 7) is 4.23. The fourth-order valence-corrected chi connectivity index (χ4v) is 3.75. The fourth-order valence-electron chi connectivity index (χ4n) is 3.75. The molecule has 1 aromatic carbocycles. The molecule has 2 heterocycles. The van der Waals surface area contributed by atoms with E-state index in [1.54, 1.807) is 14.2 Å². The molecule has 1 aromatic rings. The van der Waals surface area contributed by atoms with Crippen molar-refractivity contribution in [2.24, 2.45) is 5.92 Å². The topological polar surface area (TPSA) is 30.9 Å². The van der Waals surface area contributed by atoms with E-state index in [2.05, 4.69) is 11.0 Å². The van der Waals surface area contributed by atoms with Crippen LogP contribution in [0.5, 0.6) is 11.5 Å². The number of methoxy groups -OCH3 is 2. The molecule has 0 saturated carbocycles. The van der Waals surface area contributed by atoms with Crippen LogP contribution < -0.4 is 9.47 Å². The Balaban J connectivity index is 1.74. The maximum Gasteiger partial charge on any atom is 0.127 e. The number of ether oxygens (including phenoxy) is 3. The van der Waals surface area contributed by atoms with Crippen LogP contribution in [0.2, 0.25) is 0 Å². The van der Waals surface area contributed by atoms with Crippen molar-refractivity contribution in [2.45, 2.75) is 31.7 Å². The Labute approximate surface area is 133 Å². The molecule has 2 saturated heterocycles. The summed E-state index contributed by atoms with van der Waals surface area (Å²) in [4.78, 5) is 2.64. The van der Waals surface area contributed by atoms with Crippen LogP contribution in [0.25, 0.3) is 0 Å². The van der Waals surface area contributed by atoms with Crippen molar-refractivity contribution in [3.8, 4) is 11.5 Å². The van der Waals surface area contributed by atoms with Crippen LogP contribution in [-0.2, 0) is 4.74 Å². The van der Waals surface area contributed by atoms with E-state index in [0.29, 0.717) is 6.04 Å². The Morgan fingerprint density at radius 3 is 2.68 bits per heavy atom. The lowest BCUT2D eigenvalue weighted by Gasteiger charge is -2.31. The van der Waals surface area contributed by atoms with Crippen molar-refractivity contribution >= 4 is 0 Å². The summed E-state index contributed by atoms with van der Waals surface area (Å²) in [5.41, 5.74) is 1.30. The summed E-state index contributed by atoms with van der Waals surface area (Å²) in [5.74, 6) is 2.58. The summed E-state index contributed by atoms with van der Waals surface area (Å²) in [7, 11) is 3.44. The Morgan fingerprint density at radius 1 is 1.14 bits per heavy atom. The molecule has 0 amide bonds. The van der Waals surface area contributed by atoms with Gasteiger partial charge in [0, 0.05) is 37.4 Å². The third kappa shape index (κ3) is 3.39. The van der Waals surface area contributed by atoms with Gasteiger partial charge in [-0.2, -0.15) is 0 Å². The minimum atomic E-state index is 0.476. The molecule has 1 atom stereocenters. The molecule has 0 spiro atoms. The number of likely N-dealkylation sites (tertiary alicyclic amines) is 1. The molecule has 122 valence electrons. The van der Waals surface area contributed by atoms with E-state index in [0.717, 1.165) is 30.6 Å². The molecular formula is C18H27NO3. The molecule has 4 nitrogen and oxygen atoms in total. The molecule has 0 aliphatic carbocycles. The van der Waals surface area contributed by atoms with Gasteiger partial charge in [-0.25, -0.2) is 0 Å². The van der Waals surface area contributed by atoms with Gasteiger partial charge in [0.2, 0.25) is 0 Å². The van der Waals surface area contributed by atoms with Gasteiger partial charge in [-0.3, -0.25) is 4.90 Å². The number of hydrogen-bond donors (Lipinski definition) is 0.